The quantitative estimate of drug-likeness (QED) is 0.845. The van der Waals surface area contributed by atoms with Gasteiger partial charge in [0, 0.05) is 18.2 Å². The summed E-state index contributed by atoms with van der Waals surface area (Å²) >= 11 is 0. The van der Waals surface area contributed by atoms with Crippen molar-refractivity contribution in [3.05, 3.63) is 77.6 Å². The predicted molar refractivity (Wildman–Crippen MR) is 78.3 cm³/mol. The highest BCUT2D eigenvalue weighted by Gasteiger charge is 2.03. The molecule has 0 saturated heterocycles. The molecule has 0 aliphatic heterocycles. The Morgan fingerprint density at radius 2 is 1.75 bits per heavy atom. The number of halogens is 1. The fourth-order valence-electron chi connectivity index (χ4n) is 1.86. The molecule has 0 aromatic heterocycles. The fraction of sp³-hybridized carbons (Fsp3) is 0.118. The van der Waals surface area contributed by atoms with Gasteiger partial charge in [-0.25, -0.2) is 4.39 Å². The summed E-state index contributed by atoms with van der Waals surface area (Å²) in [7, 11) is 0. The Kier molecular flexibility index (Phi) is 4.66. The van der Waals surface area contributed by atoms with Crippen molar-refractivity contribution in [1.29, 1.82) is 0 Å². The zero-order chi connectivity index (χ0) is 14.4. The summed E-state index contributed by atoms with van der Waals surface area (Å²) in [4.78, 5) is 11.8. The molecule has 2 aromatic rings. The van der Waals surface area contributed by atoms with Crippen LogP contribution >= 0.6 is 0 Å². The van der Waals surface area contributed by atoms with Gasteiger partial charge in [0.15, 0.2) is 0 Å². The SMILES string of the molecule is C/C(=C\C(=O)NCc1ccccc1F)c1ccccc1. The van der Waals surface area contributed by atoms with Crippen LogP contribution in [0.2, 0.25) is 0 Å². The maximum atomic E-state index is 13.4. The van der Waals surface area contributed by atoms with E-state index in [0.29, 0.717) is 5.56 Å². The molecule has 0 bridgehead atoms. The molecule has 1 N–H and O–H groups in total. The number of benzene rings is 2. The average Bonchev–Trinajstić information content (AvgIpc) is 2.47. The number of amides is 1. The van der Waals surface area contributed by atoms with Crippen LogP contribution in [0.15, 0.2) is 60.7 Å². The minimum Gasteiger partial charge on any atom is -0.348 e. The van der Waals surface area contributed by atoms with Gasteiger partial charge in [0.25, 0.3) is 0 Å². The summed E-state index contributed by atoms with van der Waals surface area (Å²) in [6.45, 7) is 2.06. The second-order valence-electron chi connectivity index (χ2n) is 4.50. The zero-order valence-corrected chi connectivity index (χ0v) is 11.3. The number of carbonyl (C=O) groups is 1. The van der Waals surface area contributed by atoms with Crippen molar-refractivity contribution < 1.29 is 9.18 Å². The van der Waals surface area contributed by atoms with E-state index in [1.165, 1.54) is 12.1 Å². The Hall–Kier alpha value is -2.42. The number of hydrogen-bond donors (Lipinski definition) is 1. The van der Waals surface area contributed by atoms with Crippen LogP contribution in [-0.4, -0.2) is 5.91 Å². The molecule has 0 radical (unpaired) electrons. The van der Waals surface area contributed by atoms with Crippen LogP contribution in [0.1, 0.15) is 18.1 Å². The Morgan fingerprint density at radius 1 is 1.10 bits per heavy atom. The van der Waals surface area contributed by atoms with Crippen molar-refractivity contribution in [3.8, 4) is 0 Å². The van der Waals surface area contributed by atoms with Gasteiger partial charge in [0.2, 0.25) is 5.91 Å². The highest BCUT2D eigenvalue weighted by molar-refractivity contribution is 5.94. The predicted octanol–water partition coefficient (Wildman–Crippen LogP) is 3.55. The van der Waals surface area contributed by atoms with E-state index in [9.17, 15) is 9.18 Å². The maximum Gasteiger partial charge on any atom is 0.244 e. The van der Waals surface area contributed by atoms with Gasteiger partial charge in [-0.3, -0.25) is 4.79 Å². The summed E-state index contributed by atoms with van der Waals surface area (Å²) < 4.78 is 13.4. The smallest absolute Gasteiger partial charge is 0.244 e. The van der Waals surface area contributed by atoms with E-state index in [1.807, 2.05) is 37.3 Å². The molecular weight excluding hydrogens is 253 g/mol. The van der Waals surface area contributed by atoms with Gasteiger partial charge in [0.1, 0.15) is 5.82 Å². The molecule has 1 amide bonds. The molecule has 102 valence electrons. The summed E-state index contributed by atoms with van der Waals surface area (Å²) in [6, 6.07) is 16.1. The number of rotatable bonds is 4. The summed E-state index contributed by atoms with van der Waals surface area (Å²) in [5.74, 6) is -0.536. The molecule has 20 heavy (non-hydrogen) atoms. The zero-order valence-electron chi connectivity index (χ0n) is 11.3. The van der Waals surface area contributed by atoms with Crippen LogP contribution in [0.3, 0.4) is 0 Å². The molecule has 2 nitrogen and oxygen atoms in total. The summed E-state index contributed by atoms with van der Waals surface area (Å²) in [5, 5.41) is 2.69. The minimum absolute atomic E-state index is 0.185. The van der Waals surface area contributed by atoms with Crippen molar-refractivity contribution in [2.24, 2.45) is 0 Å². The molecule has 0 fully saturated rings. The van der Waals surface area contributed by atoms with E-state index in [4.69, 9.17) is 0 Å². The topological polar surface area (TPSA) is 29.1 Å². The van der Waals surface area contributed by atoms with Crippen LogP contribution in [0.25, 0.3) is 5.57 Å². The van der Waals surface area contributed by atoms with E-state index in [0.717, 1.165) is 11.1 Å². The lowest BCUT2D eigenvalue weighted by Crippen LogP contribution is -2.21. The average molecular weight is 269 g/mol. The van der Waals surface area contributed by atoms with Gasteiger partial charge in [-0.2, -0.15) is 0 Å². The number of hydrogen-bond acceptors (Lipinski definition) is 1. The van der Waals surface area contributed by atoms with Gasteiger partial charge in [-0.05, 0) is 24.1 Å². The summed E-state index contributed by atoms with van der Waals surface area (Å²) in [6.07, 6.45) is 1.52. The van der Waals surface area contributed by atoms with E-state index >= 15 is 0 Å². The summed E-state index contributed by atoms with van der Waals surface area (Å²) in [5.41, 5.74) is 2.34. The van der Waals surface area contributed by atoms with E-state index in [-0.39, 0.29) is 18.3 Å². The van der Waals surface area contributed by atoms with Crippen LogP contribution in [0, 0.1) is 5.82 Å². The standard InChI is InChI=1S/C17H16FNO/c1-13(14-7-3-2-4-8-14)11-17(20)19-12-15-9-5-6-10-16(15)18/h2-11H,12H2,1H3,(H,19,20)/b13-11+. The van der Waals surface area contributed by atoms with Crippen LogP contribution < -0.4 is 5.32 Å². The Labute approximate surface area is 118 Å². The fourth-order valence-corrected chi connectivity index (χ4v) is 1.86. The third kappa shape index (κ3) is 3.79. The second kappa shape index (κ2) is 6.66. The maximum absolute atomic E-state index is 13.4. The first-order valence-electron chi connectivity index (χ1n) is 6.42. The molecule has 2 aromatic carbocycles. The molecule has 3 heteroatoms. The first-order chi connectivity index (χ1) is 9.66. The lowest BCUT2D eigenvalue weighted by Gasteiger charge is -2.05. The lowest BCUT2D eigenvalue weighted by molar-refractivity contribution is -0.116. The van der Waals surface area contributed by atoms with Crippen LogP contribution in [0.5, 0.6) is 0 Å². The largest absolute Gasteiger partial charge is 0.348 e. The van der Waals surface area contributed by atoms with Gasteiger partial charge >= 0.3 is 0 Å². The van der Waals surface area contributed by atoms with Crippen molar-refractivity contribution in [2.75, 3.05) is 0 Å². The Bertz CT molecular complexity index is 620. The van der Waals surface area contributed by atoms with Gasteiger partial charge in [-0.1, -0.05) is 48.5 Å². The number of carbonyl (C=O) groups excluding carboxylic acids is 1. The third-order valence-corrected chi connectivity index (χ3v) is 2.99. The van der Waals surface area contributed by atoms with Gasteiger partial charge in [0.05, 0.1) is 0 Å². The lowest BCUT2D eigenvalue weighted by atomic mass is 10.1. The van der Waals surface area contributed by atoms with Crippen molar-refractivity contribution >= 4 is 11.5 Å². The van der Waals surface area contributed by atoms with Gasteiger partial charge in [-0.15, -0.1) is 0 Å². The third-order valence-electron chi connectivity index (χ3n) is 2.99. The highest BCUT2D eigenvalue weighted by atomic mass is 19.1. The van der Waals surface area contributed by atoms with Gasteiger partial charge < -0.3 is 5.32 Å². The van der Waals surface area contributed by atoms with E-state index in [2.05, 4.69) is 5.32 Å². The molecule has 2 rings (SSSR count). The minimum atomic E-state index is -0.309. The first-order valence-corrected chi connectivity index (χ1v) is 6.42. The molecule has 0 aliphatic rings. The van der Waals surface area contributed by atoms with E-state index in [1.54, 1.807) is 18.2 Å². The number of nitrogens with one attached hydrogen (secondary N) is 1. The molecule has 0 atom stereocenters. The Morgan fingerprint density at radius 3 is 2.45 bits per heavy atom. The molecule has 0 aliphatic carbocycles. The molecule has 0 unspecified atom stereocenters. The van der Waals surface area contributed by atoms with Crippen LogP contribution in [0.4, 0.5) is 4.39 Å². The number of allylic oxidation sites excluding steroid dienone is 1. The van der Waals surface area contributed by atoms with Crippen molar-refractivity contribution in [1.82, 2.24) is 5.32 Å². The molecule has 0 heterocycles. The first kappa shape index (κ1) is 14.0. The second-order valence-corrected chi connectivity index (χ2v) is 4.50. The van der Waals surface area contributed by atoms with Crippen molar-refractivity contribution in [3.63, 3.8) is 0 Å². The molecule has 0 saturated carbocycles. The van der Waals surface area contributed by atoms with E-state index < -0.39 is 0 Å². The normalized spacial score (nSPS) is 11.2. The highest BCUT2D eigenvalue weighted by Crippen LogP contribution is 2.12. The van der Waals surface area contributed by atoms with Crippen molar-refractivity contribution in [2.45, 2.75) is 13.5 Å². The molecular formula is C17H16FNO. The Balaban J connectivity index is 1.98. The molecule has 0 spiro atoms. The monoisotopic (exact) mass is 269 g/mol. The van der Waals surface area contributed by atoms with Crippen LogP contribution in [-0.2, 0) is 11.3 Å².